The molecule has 0 bridgehead atoms. The lowest BCUT2D eigenvalue weighted by molar-refractivity contribution is -0.161. The lowest BCUT2D eigenvalue weighted by atomic mass is 9.83. The molecule has 4 N–H and O–H groups in total. The fourth-order valence-electron chi connectivity index (χ4n) is 2.66. The highest BCUT2D eigenvalue weighted by Crippen LogP contribution is 2.46. The summed E-state index contributed by atoms with van der Waals surface area (Å²) in [4.78, 5) is 29.1. The second-order valence-corrected chi connectivity index (χ2v) is 5.92. The number of hydrogen-bond acceptors (Lipinski definition) is 5. The first kappa shape index (κ1) is 14.9. The van der Waals surface area contributed by atoms with Crippen molar-refractivity contribution in [2.75, 3.05) is 12.3 Å². The molecule has 2 aliphatic heterocycles. The van der Waals surface area contributed by atoms with Crippen LogP contribution >= 0.6 is 11.8 Å². The van der Waals surface area contributed by atoms with Crippen LogP contribution in [0.3, 0.4) is 0 Å². The summed E-state index contributed by atoms with van der Waals surface area (Å²) in [5.74, 6) is -1.30. The number of rotatable bonds is 6. The fraction of sp³-hybridized carbons (Fsp3) is 0.583. The van der Waals surface area contributed by atoms with E-state index in [1.807, 2.05) is 0 Å². The van der Waals surface area contributed by atoms with Crippen LogP contribution in [0.25, 0.3) is 0 Å². The Kier molecular flexibility index (Phi) is 4.34. The second-order valence-electron chi connectivity index (χ2n) is 4.73. The predicted molar refractivity (Wildman–Crippen MR) is 75.1 cm³/mol. The van der Waals surface area contributed by atoms with E-state index in [0.717, 1.165) is 0 Å². The van der Waals surface area contributed by atoms with Gasteiger partial charge in [0.15, 0.2) is 0 Å². The Bertz CT molecular complexity index is 489. The molecule has 0 aromatic carbocycles. The lowest BCUT2D eigenvalue weighted by Gasteiger charge is -2.44. The number of fused-ring (bicyclic) bond motifs is 1. The molecule has 0 radical (unpaired) electrons. The fourth-order valence-corrected chi connectivity index (χ4v) is 3.71. The molecule has 1 unspecified atom stereocenters. The summed E-state index contributed by atoms with van der Waals surface area (Å²) in [7, 11) is 0. The first-order valence-electron chi connectivity index (χ1n) is 6.29. The van der Waals surface area contributed by atoms with E-state index in [4.69, 9.17) is 5.73 Å². The summed E-state index contributed by atoms with van der Waals surface area (Å²) in [6.07, 6.45) is 0.937. The Morgan fingerprint density at radius 1 is 1.70 bits per heavy atom. The minimum Gasteiger partial charge on any atom is -0.477 e. The van der Waals surface area contributed by atoms with Crippen LogP contribution in [-0.4, -0.2) is 57.8 Å². The predicted octanol–water partition coefficient (Wildman–Crippen LogP) is -0.386. The van der Waals surface area contributed by atoms with Gasteiger partial charge < -0.3 is 20.8 Å². The van der Waals surface area contributed by atoms with E-state index in [2.05, 4.69) is 4.99 Å². The van der Waals surface area contributed by atoms with Gasteiger partial charge in [0.05, 0.1) is 30.9 Å². The molecule has 8 heteroatoms. The summed E-state index contributed by atoms with van der Waals surface area (Å²) < 4.78 is 0. The summed E-state index contributed by atoms with van der Waals surface area (Å²) in [5.41, 5.74) is 5.19. The Morgan fingerprint density at radius 3 is 2.95 bits per heavy atom. The van der Waals surface area contributed by atoms with E-state index in [1.165, 1.54) is 23.0 Å². The summed E-state index contributed by atoms with van der Waals surface area (Å²) >= 11 is 1.38. The van der Waals surface area contributed by atoms with Gasteiger partial charge in [-0.3, -0.25) is 9.79 Å². The SMILES string of the molecule is CC(O)[C@H]1C(=O)N2C(C(=O)O)=C(SCCN=CN)C[C@H]12. The highest BCUT2D eigenvalue weighted by molar-refractivity contribution is 8.03. The van der Waals surface area contributed by atoms with Crippen LogP contribution in [0.15, 0.2) is 15.6 Å². The van der Waals surface area contributed by atoms with E-state index >= 15 is 0 Å². The van der Waals surface area contributed by atoms with E-state index in [9.17, 15) is 19.8 Å². The summed E-state index contributed by atoms with van der Waals surface area (Å²) in [6, 6.07) is -0.228. The van der Waals surface area contributed by atoms with Crippen molar-refractivity contribution in [1.82, 2.24) is 4.90 Å². The molecule has 20 heavy (non-hydrogen) atoms. The van der Waals surface area contributed by atoms with Crippen molar-refractivity contribution in [1.29, 1.82) is 0 Å². The van der Waals surface area contributed by atoms with Gasteiger partial charge in [0.2, 0.25) is 5.91 Å². The zero-order chi connectivity index (χ0) is 14.9. The Balaban J connectivity index is 2.11. The van der Waals surface area contributed by atoms with Crippen molar-refractivity contribution in [3.05, 3.63) is 10.6 Å². The number of carboxylic acid groups (broad SMARTS) is 1. The minimum absolute atomic E-state index is 0.0543. The number of β-lactam (4-membered cyclic amide) rings is 1. The van der Waals surface area contributed by atoms with Crippen molar-refractivity contribution < 1.29 is 19.8 Å². The molecule has 2 rings (SSSR count). The van der Waals surface area contributed by atoms with Gasteiger partial charge >= 0.3 is 5.97 Å². The maximum atomic E-state index is 11.9. The molecule has 1 amide bonds. The molecular weight excluding hydrogens is 282 g/mol. The Hall–Kier alpha value is -1.54. The quantitative estimate of drug-likeness (QED) is 0.266. The monoisotopic (exact) mass is 299 g/mol. The molecule has 110 valence electrons. The molecule has 2 aliphatic rings. The number of aliphatic hydroxyl groups excluding tert-OH is 1. The number of aliphatic carboxylic acids is 1. The number of nitrogens with two attached hydrogens (primary N) is 1. The Morgan fingerprint density at radius 2 is 2.40 bits per heavy atom. The first-order chi connectivity index (χ1) is 9.49. The van der Waals surface area contributed by atoms with Gasteiger partial charge in [-0.05, 0) is 6.92 Å². The van der Waals surface area contributed by atoms with Crippen molar-refractivity contribution in [2.45, 2.75) is 25.5 Å². The molecule has 0 aliphatic carbocycles. The van der Waals surface area contributed by atoms with Crippen LogP contribution in [-0.2, 0) is 9.59 Å². The van der Waals surface area contributed by atoms with Gasteiger partial charge in [0.25, 0.3) is 0 Å². The largest absolute Gasteiger partial charge is 0.477 e. The van der Waals surface area contributed by atoms with Crippen LogP contribution in [0.2, 0.25) is 0 Å². The minimum atomic E-state index is -1.10. The first-order valence-corrected chi connectivity index (χ1v) is 7.28. The number of thioether (sulfide) groups is 1. The lowest BCUT2D eigenvalue weighted by Crippen LogP contribution is -2.61. The van der Waals surface area contributed by atoms with Crippen LogP contribution in [0.1, 0.15) is 13.3 Å². The number of carboxylic acids is 1. The number of carbonyl (C=O) groups is 2. The number of aliphatic hydroxyl groups is 1. The molecule has 7 nitrogen and oxygen atoms in total. The smallest absolute Gasteiger partial charge is 0.353 e. The highest BCUT2D eigenvalue weighted by atomic mass is 32.2. The van der Waals surface area contributed by atoms with E-state index in [0.29, 0.717) is 23.6 Å². The molecule has 0 aromatic heterocycles. The highest BCUT2D eigenvalue weighted by Gasteiger charge is 2.56. The average molecular weight is 299 g/mol. The maximum absolute atomic E-state index is 11.9. The van der Waals surface area contributed by atoms with Crippen molar-refractivity contribution in [3.8, 4) is 0 Å². The maximum Gasteiger partial charge on any atom is 0.353 e. The third kappa shape index (κ3) is 2.40. The number of amides is 1. The molecule has 0 spiro atoms. The van der Waals surface area contributed by atoms with Crippen LogP contribution < -0.4 is 5.73 Å². The topological polar surface area (TPSA) is 116 Å². The summed E-state index contributed by atoms with van der Waals surface area (Å²) in [5, 5.41) is 18.9. The van der Waals surface area contributed by atoms with Gasteiger partial charge in [-0.15, -0.1) is 11.8 Å². The zero-order valence-electron chi connectivity index (χ0n) is 11.0. The number of nitrogens with zero attached hydrogens (tertiary/aromatic N) is 2. The van der Waals surface area contributed by atoms with Gasteiger partial charge in [-0.2, -0.15) is 0 Å². The average Bonchev–Trinajstić information content (AvgIpc) is 2.69. The molecular formula is C12H17N3O4S. The van der Waals surface area contributed by atoms with Crippen molar-refractivity contribution in [2.24, 2.45) is 16.6 Å². The van der Waals surface area contributed by atoms with E-state index in [1.54, 1.807) is 6.92 Å². The molecule has 0 aromatic rings. The van der Waals surface area contributed by atoms with E-state index < -0.39 is 18.0 Å². The van der Waals surface area contributed by atoms with Gasteiger partial charge in [0.1, 0.15) is 5.70 Å². The zero-order valence-corrected chi connectivity index (χ0v) is 11.8. The molecule has 2 heterocycles. The van der Waals surface area contributed by atoms with Crippen molar-refractivity contribution in [3.63, 3.8) is 0 Å². The Labute approximate surface area is 120 Å². The van der Waals surface area contributed by atoms with Gasteiger partial charge in [0, 0.05) is 17.1 Å². The second kappa shape index (κ2) is 5.84. The van der Waals surface area contributed by atoms with Gasteiger partial charge in [-0.1, -0.05) is 0 Å². The van der Waals surface area contributed by atoms with Crippen LogP contribution in [0, 0.1) is 5.92 Å². The molecule has 1 saturated heterocycles. The van der Waals surface area contributed by atoms with Crippen LogP contribution in [0.4, 0.5) is 0 Å². The number of aliphatic imine (C=N–C) groups is 1. The van der Waals surface area contributed by atoms with Crippen molar-refractivity contribution >= 4 is 30.0 Å². The molecule has 1 fully saturated rings. The molecule has 0 saturated carbocycles. The van der Waals surface area contributed by atoms with Gasteiger partial charge in [-0.25, -0.2) is 4.79 Å². The molecule has 3 atom stereocenters. The third-order valence-corrected chi connectivity index (χ3v) is 4.59. The standard InChI is InChI=1S/C12H17N3O4S/c1-6(16)9-7-4-8(20-3-2-14-5-13)10(12(18)19)15(7)11(9)17/h5-7,9,16H,2-4H2,1H3,(H2,13,14)(H,18,19)/t6?,7-,9-/m1/s1. The number of carbonyl (C=O) groups excluding carboxylic acids is 1. The van der Waals surface area contributed by atoms with E-state index in [-0.39, 0.29) is 17.6 Å². The number of hydrogen-bond donors (Lipinski definition) is 3. The third-order valence-electron chi connectivity index (χ3n) is 3.49. The van der Waals surface area contributed by atoms with Crippen LogP contribution in [0.5, 0.6) is 0 Å². The normalized spacial score (nSPS) is 26.9. The summed E-state index contributed by atoms with van der Waals surface area (Å²) in [6.45, 7) is 2.05.